The highest BCUT2D eigenvalue weighted by Gasteiger charge is 2.26. The SMILES string of the molecule is COc1ccc2c(c1)CCC[C@H]2NC(=O)CN(C)S(=O)(=O)c1ccc(SC)cc1. The van der Waals surface area contributed by atoms with Crippen molar-refractivity contribution in [3.63, 3.8) is 0 Å². The Kier molecular flexibility index (Phi) is 6.87. The van der Waals surface area contributed by atoms with Crippen LogP contribution in [0.3, 0.4) is 0 Å². The van der Waals surface area contributed by atoms with Gasteiger partial charge in [-0.3, -0.25) is 4.79 Å². The normalized spacial score (nSPS) is 16.3. The Morgan fingerprint density at radius 2 is 1.97 bits per heavy atom. The summed E-state index contributed by atoms with van der Waals surface area (Å²) < 4.78 is 31.9. The molecule has 0 radical (unpaired) electrons. The third kappa shape index (κ3) is 4.94. The maximum atomic E-state index is 12.8. The van der Waals surface area contributed by atoms with Crippen molar-refractivity contribution < 1.29 is 17.9 Å². The standard InChI is InChI=1S/C21H26N2O4S2/c1-23(29(25,26)18-10-8-17(28-3)9-11-18)14-21(24)22-20-6-4-5-15-13-16(27-2)7-12-19(15)20/h7-13,20H,4-6,14H2,1-3H3,(H,22,24)/t20-/m1/s1. The third-order valence-corrected chi connectivity index (χ3v) is 7.69. The number of rotatable bonds is 7. The average Bonchev–Trinajstić information content (AvgIpc) is 2.73. The molecule has 1 aliphatic rings. The number of nitrogens with zero attached hydrogens (tertiary/aromatic N) is 1. The number of sulfonamides is 1. The fourth-order valence-electron chi connectivity index (χ4n) is 3.52. The van der Waals surface area contributed by atoms with Gasteiger partial charge in [0.25, 0.3) is 0 Å². The molecule has 0 bridgehead atoms. The number of nitrogens with one attached hydrogen (secondary N) is 1. The summed E-state index contributed by atoms with van der Waals surface area (Å²) in [5.74, 6) is 0.486. The van der Waals surface area contributed by atoms with Gasteiger partial charge in [-0.1, -0.05) is 6.07 Å². The molecule has 0 heterocycles. The molecule has 1 aliphatic carbocycles. The zero-order valence-corrected chi connectivity index (χ0v) is 18.5. The zero-order chi connectivity index (χ0) is 21.0. The number of fused-ring (bicyclic) bond motifs is 1. The number of benzene rings is 2. The minimum atomic E-state index is -3.72. The Labute approximate surface area is 176 Å². The molecule has 2 aromatic rings. The lowest BCUT2D eigenvalue weighted by atomic mass is 9.87. The number of amides is 1. The van der Waals surface area contributed by atoms with Crippen molar-refractivity contribution in [2.24, 2.45) is 0 Å². The lowest BCUT2D eigenvalue weighted by Gasteiger charge is -2.27. The van der Waals surface area contributed by atoms with Gasteiger partial charge < -0.3 is 10.1 Å². The van der Waals surface area contributed by atoms with Crippen LogP contribution in [0.4, 0.5) is 0 Å². The quantitative estimate of drug-likeness (QED) is 0.677. The maximum absolute atomic E-state index is 12.8. The van der Waals surface area contributed by atoms with Gasteiger partial charge in [0.05, 0.1) is 24.6 Å². The van der Waals surface area contributed by atoms with Gasteiger partial charge in [-0.15, -0.1) is 11.8 Å². The lowest BCUT2D eigenvalue weighted by molar-refractivity contribution is -0.122. The Morgan fingerprint density at radius 1 is 1.24 bits per heavy atom. The summed E-state index contributed by atoms with van der Waals surface area (Å²) in [7, 11) is -0.661. The van der Waals surface area contributed by atoms with Crippen LogP contribution in [0.5, 0.6) is 5.75 Å². The minimum absolute atomic E-state index is 0.117. The van der Waals surface area contributed by atoms with E-state index in [1.807, 2.05) is 24.5 Å². The first kappa shape index (κ1) is 21.7. The molecule has 0 aliphatic heterocycles. The molecule has 1 amide bonds. The summed E-state index contributed by atoms with van der Waals surface area (Å²) in [4.78, 5) is 13.8. The van der Waals surface area contributed by atoms with Gasteiger partial charge in [0, 0.05) is 11.9 Å². The van der Waals surface area contributed by atoms with E-state index in [0.29, 0.717) is 0 Å². The van der Waals surface area contributed by atoms with Crippen molar-refractivity contribution in [1.82, 2.24) is 9.62 Å². The first-order chi connectivity index (χ1) is 13.8. The van der Waals surface area contributed by atoms with Gasteiger partial charge in [-0.2, -0.15) is 4.31 Å². The highest BCUT2D eigenvalue weighted by molar-refractivity contribution is 7.98. The minimum Gasteiger partial charge on any atom is -0.497 e. The number of likely N-dealkylation sites (N-methyl/N-ethyl adjacent to an activating group) is 1. The van der Waals surface area contributed by atoms with Crippen LogP contribution >= 0.6 is 11.8 Å². The summed E-state index contributed by atoms with van der Waals surface area (Å²) in [6.07, 6.45) is 4.66. The molecule has 2 aromatic carbocycles. The monoisotopic (exact) mass is 434 g/mol. The molecule has 0 unspecified atom stereocenters. The second-order valence-corrected chi connectivity index (χ2v) is 9.94. The van der Waals surface area contributed by atoms with Crippen molar-refractivity contribution >= 4 is 27.7 Å². The molecule has 1 N–H and O–H groups in total. The van der Waals surface area contributed by atoms with Gasteiger partial charge in [-0.25, -0.2) is 8.42 Å². The molecular formula is C21H26N2O4S2. The highest BCUT2D eigenvalue weighted by Crippen LogP contribution is 2.32. The average molecular weight is 435 g/mol. The fraction of sp³-hybridized carbons (Fsp3) is 0.381. The van der Waals surface area contributed by atoms with E-state index in [0.717, 1.165) is 45.3 Å². The van der Waals surface area contributed by atoms with E-state index in [2.05, 4.69) is 5.32 Å². The van der Waals surface area contributed by atoms with Gasteiger partial charge in [-0.05, 0) is 73.0 Å². The van der Waals surface area contributed by atoms with Crippen LogP contribution in [-0.4, -0.2) is 45.6 Å². The Hall–Kier alpha value is -2.03. The molecule has 1 atom stereocenters. The van der Waals surface area contributed by atoms with Crippen molar-refractivity contribution in [2.75, 3.05) is 27.0 Å². The first-order valence-electron chi connectivity index (χ1n) is 9.41. The molecule has 6 nitrogen and oxygen atoms in total. The topological polar surface area (TPSA) is 75.7 Å². The van der Waals surface area contributed by atoms with E-state index in [9.17, 15) is 13.2 Å². The predicted molar refractivity (Wildman–Crippen MR) is 115 cm³/mol. The van der Waals surface area contributed by atoms with Crippen LogP contribution in [-0.2, 0) is 21.2 Å². The second-order valence-electron chi connectivity index (χ2n) is 7.01. The molecule has 29 heavy (non-hydrogen) atoms. The summed E-state index contributed by atoms with van der Waals surface area (Å²) >= 11 is 1.54. The summed E-state index contributed by atoms with van der Waals surface area (Å²) in [6, 6.07) is 12.4. The third-order valence-electron chi connectivity index (χ3n) is 5.13. The Morgan fingerprint density at radius 3 is 2.62 bits per heavy atom. The number of hydrogen-bond acceptors (Lipinski definition) is 5. The fourth-order valence-corrected chi connectivity index (χ4v) is 5.06. The molecule has 8 heteroatoms. The van der Waals surface area contributed by atoms with Gasteiger partial charge in [0.1, 0.15) is 5.75 Å². The van der Waals surface area contributed by atoms with E-state index in [-0.39, 0.29) is 23.4 Å². The number of methoxy groups -OCH3 is 1. The van der Waals surface area contributed by atoms with Gasteiger partial charge in [0.15, 0.2) is 0 Å². The van der Waals surface area contributed by atoms with Crippen LogP contribution < -0.4 is 10.1 Å². The van der Waals surface area contributed by atoms with E-state index in [1.54, 1.807) is 43.1 Å². The van der Waals surface area contributed by atoms with Gasteiger partial charge in [0.2, 0.25) is 15.9 Å². The Bertz CT molecular complexity index is 975. The van der Waals surface area contributed by atoms with Crippen molar-refractivity contribution in [3.8, 4) is 5.75 Å². The molecular weight excluding hydrogens is 408 g/mol. The summed E-state index contributed by atoms with van der Waals surface area (Å²) in [5.41, 5.74) is 2.24. The maximum Gasteiger partial charge on any atom is 0.243 e. The van der Waals surface area contributed by atoms with E-state index < -0.39 is 10.0 Å². The summed E-state index contributed by atoms with van der Waals surface area (Å²) in [6.45, 7) is -0.228. The van der Waals surface area contributed by atoms with Crippen molar-refractivity contribution in [1.29, 1.82) is 0 Å². The number of carbonyl (C=O) groups excluding carboxylic acids is 1. The first-order valence-corrected chi connectivity index (χ1v) is 12.1. The zero-order valence-electron chi connectivity index (χ0n) is 16.8. The number of carbonyl (C=O) groups is 1. The molecule has 0 fully saturated rings. The highest BCUT2D eigenvalue weighted by atomic mass is 32.2. The van der Waals surface area contributed by atoms with Gasteiger partial charge >= 0.3 is 0 Å². The summed E-state index contributed by atoms with van der Waals surface area (Å²) in [5, 5.41) is 3.00. The molecule has 0 saturated heterocycles. The van der Waals surface area contributed by atoms with E-state index >= 15 is 0 Å². The van der Waals surface area contributed by atoms with Crippen LogP contribution in [0.25, 0.3) is 0 Å². The number of hydrogen-bond donors (Lipinski definition) is 1. The largest absolute Gasteiger partial charge is 0.497 e. The smallest absolute Gasteiger partial charge is 0.243 e. The number of aryl methyl sites for hydroxylation is 1. The van der Waals surface area contributed by atoms with Crippen LogP contribution in [0, 0.1) is 0 Å². The van der Waals surface area contributed by atoms with Crippen LogP contribution in [0.2, 0.25) is 0 Å². The molecule has 3 rings (SSSR count). The molecule has 0 aromatic heterocycles. The lowest BCUT2D eigenvalue weighted by Crippen LogP contribution is -2.40. The number of ether oxygens (including phenoxy) is 1. The number of thioether (sulfide) groups is 1. The predicted octanol–water partition coefficient (Wildman–Crippen LogP) is 3.23. The van der Waals surface area contributed by atoms with E-state index in [4.69, 9.17) is 4.74 Å². The second kappa shape index (κ2) is 9.19. The molecule has 156 valence electrons. The van der Waals surface area contributed by atoms with E-state index in [1.165, 1.54) is 7.05 Å². The van der Waals surface area contributed by atoms with Crippen LogP contribution in [0.15, 0.2) is 52.3 Å². The van der Waals surface area contributed by atoms with Crippen LogP contribution in [0.1, 0.15) is 30.0 Å². The van der Waals surface area contributed by atoms with Crippen molar-refractivity contribution in [3.05, 3.63) is 53.6 Å². The molecule has 0 spiro atoms. The van der Waals surface area contributed by atoms with Crippen molar-refractivity contribution in [2.45, 2.75) is 35.1 Å². The molecule has 0 saturated carbocycles. The Balaban J connectivity index is 1.67.